The summed E-state index contributed by atoms with van der Waals surface area (Å²) in [7, 11) is 1.73. The number of likely N-dealkylation sites (N-methyl/N-ethyl adjacent to an activating group) is 1. The van der Waals surface area contributed by atoms with Gasteiger partial charge in [-0.2, -0.15) is 0 Å². The second kappa shape index (κ2) is 10.0. The number of nitrogens with one attached hydrogen (secondary N) is 4. The molecule has 0 spiro atoms. The van der Waals surface area contributed by atoms with Crippen molar-refractivity contribution in [2.75, 3.05) is 20.1 Å². The molecule has 32 heavy (non-hydrogen) atoms. The first-order valence-electron chi connectivity index (χ1n) is 11.9. The molecule has 2 aliphatic heterocycles. The highest BCUT2D eigenvalue weighted by Gasteiger charge is 2.44. The van der Waals surface area contributed by atoms with Gasteiger partial charge >= 0.3 is 0 Å². The lowest BCUT2D eigenvalue weighted by molar-refractivity contribution is -0.143. The average molecular weight is 442 g/mol. The molecule has 1 unspecified atom stereocenters. The Kier molecular flexibility index (Phi) is 7.10. The summed E-state index contributed by atoms with van der Waals surface area (Å²) in [5.74, 6) is -0.568. The topological polar surface area (TPSA) is 103 Å². The second-order valence-corrected chi connectivity index (χ2v) is 9.20. The summed E-state index contributed by atoms with van der Waals surface area (Å²) in [4.78, 5) is 40.6. The highest BCUT2D eigenvalue weighted by atomic mass is 16.2. The Balaban J connectivity index is 1.43. The van der Waals surface area contributed by atoms with Gasteiger partial charge in [0.2, 0.25) is 17.7 Å². The number of aryl methyl sites for hydroxylation is 1. The van der Waals surface area contributed by atoms with Gasteiger partial charge in [0.1, 0.15) is 6.04 Å². The molecule has 174 valence electrons. The lowest BCUT2D eigenvalue weighted by Gasteiger charge is -2.32. The van der Waals surface area contributed by atoms with Gasteiger partial charge in [0.25, 0.3) is 0 Å². The van der Waals surface area contributed by atoms with Crippen molar-refractivity contribution in [1.82, 2.24) is 26.2 Å². The number of carbonyl (C=O) groups is 3. The standard InChI is InChI=1S/C24H35N5O3/c1-15(25-2)22(30)27-14-17-12-13-26-21-11-10-20(29(21)24(17)32)23(31)28-19-9-5-7-16-6-3-4-8-18(16)19/h3-4,6,8,15,17,19-21,25-26H,5,7,9-14H2,1-2H3,(H,27,30)(H,28,31)/t15-,17+,19+,20?,21+/m0/s1. The van der Waals surface area contributed by atoms with Crippen LogP contribution in [-0.2, 0) is 20.8 Å². The largest absolute Gasteiger partial charge is 0.354 e. The summed E-state index contributed by atoms with van der Waals surface area (Å²) < 4.78 is 0. The van der Waals surface area contributed by atoms with Crippen molar-refractivity contribution in [3.05, 3.63) is 35.4 Å². The fraction of sp³-hybridized carbons (Fsp3) is 0.625. The van der Waals surface area contributed by atoms with E-state index in [-0.39, 0.29) is 41.9 Å². The molecule has 0 radical (unpaired) electrons. The number of amides is 3. The molecule has 3 aliphatic rings. The monoisotopic (exact) mass is 441 g/mol. The Morgan fingerprint density at radius 1 is 1.19 bits per heavy atom. The number of rotatable bonds is 6. The molecule has 2 fully saturated rings. The Labute approximate surface area is 189 Å². The third kappa shape index (κ3) is 4.66. The van der Waals surface area contributed by atoms with Gasteiger partial charge in [-0.15, -0.1) is 0 Å². The molecule has 1 aromatic rings. The smallest absolute Gasteiger partial charge is 0.243 e. The molecular weight excluding hydrogens is 406 g/mol. The van der Waals surface area contributed by atoms with Gasteiger partial charge < -0.3 is 20.9 Å². The van der Waals surface area contributed by atoms with Gasteiger partial charge in [0.15, 0.2) is 0 Å². The Morgan fingerprint density at radius 3 is 2.81 bits per heavy atom. The van der Waals surface area contributed by atoms with Crippen molar-refractivity contribution in [3.63, 3.8) is 0 Å². The van der Waals surface area contributed by atoms with Crippen molar-refractivity contribution < 1.29 is 14.4 Å². The van der Waals surface area contributed by atoms with Crippen LogP contribution in [0.2, 0.25) is 0 Å². The maximum Gasteiger partial charge on any atom is 0.243 e. The minimum Gasteiger partial charge on any atom is -0.354 e. The van der Waals surface area contributed by atoms with E-state index in [1.807, 2.05) is 12.1 Å². The van der Waals surface area contributed by atoms with Crippen molar-refractivity contribution in [2.24, 2.45) is 5.92 Å². The molecule has 1 aliphatic carbocycles. The predicted octanol–water partition coefficient (Wildman–Crippen LogP) is 0.831. The first-order valence-corrected chi connectivity index (χ1v) is 11.9. The number of fused-ring (bicyclic) bond motifs is 2. The van der Waals surface area contributed by atoms with Crippen LogP contribution < -0.4 is 21.3 Å². The van der Waals surface area contributed by atoms with Gasteiger partial charge in [0.05, 0.1) is 24.2 Å². The first kappa shape index (κ1) is 22.7. The molecule has 2 saturated heterocycles. The van der Waals surface area contributed by atoms with Crippen LogP contribution >= 0.6 is 0 Å². The molecule has 8 heteroatoms. The summed E-state index contributed by atoms with van der Waals surface area (Å²) in [6.07, 6.45) is 4.96. The normalized spacial score (nSPS) is 28.3. The Hall–Kier alpha value is -2.45. The van der Waals surface area contributed by atoms with Gasteiger partial charge in [-0.3, -0.25) is 19.7 Å². The van der Waals surface area contributed by atoms with E-state index in [1.54, 1.807) is 18.9 Å². The Morgan fingerprint density at radius 2 is 2.00 bits per heavy atom. The molecule has 1 aromatic carbocycles. The summed E-state index contributed by atoms with van der Waals surface area (Å²) in [6.45, 7) is 2.77. The van der Waals surface area contributed by atoms with Gasteiger partial charge in [-0.1, -0.05) is 24.3 Å². The van der Waals surface area contributed by atoms with E-state index in [2.05, 4.69) is 33.4 Å². The van der Waals surface area contributed by atoms with Crippen LogP contribution in [0.5, 0.6) is 0 Å². The summed E-state index contributed by atoms with van der Waals surface area (Å²) in [5.41, 5.74) is 2.49. The first-order chi connectivity index (χ1) is 15.5. The van der Waals surface area contributed by atoms with E-state index in [4.69, 9.17) is 0 Å². The quantitative estimate of drug-likeness (QED) is 0.524. The summed E-state index contributed by atoms with van der Waals surface area (Å²) in [5, 5.41) is 12.5. The Bertz CT molecular complexity index is 860. The van der Waals surface area contributed by atoms with Gasteiger partial charge in [0, 0.05) is 6.54 Å². The number of benzene rings is 1. The zero-order valence-corrected chi connectivity index (χ0v) is 19.0. The molecule has 8 nitrogen and oxygen atoms in total. The van der Waals surface area contributed by atoms with Crippen LogP contribution in [0.15, 0.2) is 24.3 Å². The van der Waals surface area contributed by atoms with Crippen molar-refractivity contribution in [3.8, 4) is 0 Å². The molecule has 5 atom stereocenters. The van der Waals surface area contributed by atoms with E-state index in [0.717, 1.165) is 25.7 Å². The zero-order chi connectivity index (χ0) is 22.7. The van der Waals surface area contributed by atoms with E-state index in [1.165, 1.54) is 11.1 Å². The van der Waals surface area contributed by atoms with Crippen LogP contribution in [-0.4, -0.2) is 61.0 Å². The number of hydrogen-bond acceptors (Lipinski definition) is 5. The molecule has 3 amide bonds. The van der Waals surface area contributed by atoms with Crippen molar-refractivity contribution in [1.29, 1.82) is 0 Å². The molecule has 0 bridgehead atoms. The zero-order valence-electron chi connectivity index (χ0n) is 19.0. The molecule has 0 aromatic heterocycles. The molecule has 2 heterocycles. The van der Waals surface area contributed by atoms with Gasteiger partial charge in [-0.25, -0.2) is 0 Å². The highest BCUT2D eigenvalue weighted by molar-refractivity contribution is 5.90. The number of hydrogen-bond donors (Lipinski definition) is 4. The third-order valence-corrected chi connectivity index (χ3v) is 7.20. The van der Waals surface area contributed by atoms with Crippen LogP contribution in [0, 0.1) is 5.92 Å². The maximum atomic E-state index is 13.4. The van der Waals surface area contributed by atoms with E-state index in [9.17, 15) is 14.4 Å². The maximum absolute atomic E-state index is 13.4. The second-order valence-electron chi connectivity index (χ2n) is 9.20. The SMILES string of the molecule is CN[C@@H](C)C(=O)NC[C@H]1CCN[C@H]2CCC(C(=O)N[C@@H]3CCCc4ccccc43)N2C1=O. The van der Waals surface area contributed by atoms with Crippen LogP contribution in [0.25, 0.3) is 0 Å². The molecule has 4 N–H and O–H groups in total. The number of carbonyl (C=O) groups excluding carboxylic acids is 3. The minimum atomic E-state index is -0.471. The third-order valence-electron chi connectivity index (χ3n) is 7.20. The lowest BCUT2D eigenvalue weighted by Crippen LogP contribution is -2.54. The van der Waals surface area contributed by atoms with Crippen LogP contribution in [0.1, 0.15) is 56.2 Å². The summed E-state index contributed by atoms with van der Waals surface area (Å²) >= 11 is 0. The van der Waals surface area contributed by atoms with Crippen molar-refractivity contribution in [2.45, 2.75) is 69.7 Å². The molecule has 4 rings (SSSR count). The van der Waals surface area contributed by atoms with E-state index >= 15 is 0 Å². The fourth-order valence-corrected chi connectivity index (χ4v) is 5.20. The minimum absolute atomic E-state index is 0.000319. The van der Waals surface area contributed by atoms with Crippen LogP contribution in [0.4, 0.5) is 0 Å². The predicted molar refractivity (Wildman–Crippen MR) is 122 cm³/mol. The van der Waals surface area contributed by atoms with Crippen LogP contribution in [0.3, 0.4) is 0 Å². The average Bonchev–Trinajstić information content (AvgIpc) is 3.17. The fourth-order valence-electron chi connectivity index (χ4n) is 5.20. The lowest BCUT2D eigenvalue weighted by atomic mass is 9.87. The van der Waals surface area contributed by atoms with Gasteiger partial charge in [-0.05, 0) is 70.2 Å². The molecule has 0 saturated carbocycles. The number of nitrogens with zero attached hydrogens (tertiary/aromatic N) is 1. The van der Waals surface area contributed by atoms with E-state index in [0.29, 0.717) is 25.9 Å². The summed E-state index contributed by atoms with van der Waals surface area (Å²) in [6, 6.07) is 7.51. The van der Waals surface area contributed by atoms with E-state index < -0.39 is 6.04 Å². The highest BCUT2D eigenvalue weighted by Crippen LogP contribution is 2.32. The molecular formula is C24H35N5O3. The van der Waals surface area contributed by atoms with Crippen molar-refractivity contribution >= 4 is 17.7 Å².